The molecule has 1 nitrogen and oxygen atoms in total. The second-order valence-corrected chi connectivity index (χ2v) is 3.91. The third-order valence-electron chi connectivity index (χ3n) is 2.50. The quantitative estimate of drug-likeness (QED) is 0.407. The number of nitrogens with zero attached hydrogens (tertiary/aromatic N) is 1. The third-order valence-corrected chi connectivity index (χ3v) is 2.50. The van der Waals surface area contributed by atoms with E-state index in [2.05, 4.69) is 25.4 Å². The monoisotopic (exact) mass is 177 g/mol. The predicted molar refractivity (Wildman–Crippen MR) is 49.4 cm³/mol. The van der Waals surface area contributed by atoms with Crippen LogP contribution in [0.1, 0.15) is 32.1 Å². The van der Waals surface area contributed by atoms with E-state index in [1.165, 1.54) is 38.6 Å². The Hall–Kier alpha value is 0.960. The van der Waals surface area contributed by atoms with Gasteiger partial charge in [0.2, 0.25) is 0 Å². The van der Waals surface area contributed by atoms with Crippen molar-refractivity contribution >= 4 is 0 Å². The average Bonchev–Trinajstić information content (AvgIpc) is 2.39. The molecular formula is C10H20NNa. The maximum Gasteiger partial charge on any atom is 1.00 e. The molecule has 0 amide bonds. The van der Waals surface area contributed by atoms with Crippen LogP contribution in [0.15, 0.2) is 0 Å². The second kappa shape index (κ2) is 7.37. The molecular weight excluding hydrogens is 157 g/mol. The standard InChI is InChI=1S/C10H20N.Na/c1-11(2)9-5-8-10-6-3-4-7-10;/h3,10H,4-9H2,1-2H3;/q-1;+1. The molecule has 0 aliphatic heterocycles. The molecule has 1 aliphatic carbocycles. The molecule has 1 atom stereocenters. The fraction of sp³-hybridized carbons (Fsp3) is 0.900. The predicted octanol–water partition coefficient (Wildman–Crippen LogP) is -0.663. The van der Waals surface area contributed by atoms with Gasteiger partial charge in [-0.15, -0.1) is 0 Å². The summed E-state index contributed by atoms with van der Waals surface area (Å²) in [5.74, 6) is 1.02. The van der Waals surface area contributed by atoms with Crippen LogP contribution in [0, 0.1) is 12.3 Å². The maximum atomic E-state index is 2.44. The van der Waals surface area contributed by atoms with Crippen molar-refractivity contribution in [3.8, 4) is 0 Å². The molecule has 2 heteroatoms. The van der Waals surface area contributed by atoms with Crippen molar-refractivity contribution in [2.75, 3.05) is 20.6 Å². The summed E-state index contributed by atoms with van der Waals surface area (Å²) in [6, 6.07) is 0. The van der Waals surface area contributed by atoms with E-state index < -0.39 is 0 Å². The van der Waals surface area contributed by atoms with Crippen LogP contribution >= 0.6 is 0 Å². The summed E-state index contributed by atoms with van der Waals surface area (Å²) in [6.07, 6.45) is 9.47. The Morgan fingerprint density at radius 3 is 2.67 bits per heavy atom. The molecule has 1 rings (SSSR count). The normalized spacial score (nSPS) is 22.8. The molecule has 0 N–H and O–H groups in total. The summed E-state index contributed by atoms with van der Waals surface area (Å²) in [5, 5.41) is 0. The van der Waals surface area contributed by atoms with Gasteiger partial charge in [0.1, 0.15) is 0 Å². The fourth-order valence-corrected chi connectivity index (χ4v) is 1.78. The molecule has 66 valence electrons. The SMILES string of the molecule is CN(C)CCCC1C[CH-]CC1.[Na+]. The van der Waals surface area contributed by atoms with Gasteiger partial charge in [-0.1, -0.05) is 18.8 Å². The number of hydrogen-bond donors (Lipinski definition) is 0. The summed E-state index contributed by atoms with van der Waals surface area (Å²) < 4.78 is 0. The first-order valence-corrected chi connectivity index (χ1v) is 4.75. The van der Waals surface area contributed by atoms with Crippen LogP contribution in [-0.2, 0) is 0 Å². The van der Waals surface area contributed by atoms with E-state index in [0.717, 1.165) is 5.92 Å². The van der Waals surface area contributed by atoms with Crippen molar-refractivity contribution in [1.82, 2.24) is 4.90 Å². The molecule has 0 heterocycles. The van der Waals surface area contributed by atoms with E-state index in [0.29, 0.717) is 0 Å². The van der Waals surface area contributed by atoms with Crippen LogP contribution in [0.4, 0.5) is 0 Å². The molecule has 0 bridgehead atoms. The number of rotatable bonds is 4. The molecule has 1 aliphatic rings. The van der Waals surface area contributed by atoms with E-state index >= 15 is 0 Å². The smallest absolute Gasteiger partial charge is 0.328 e. The Morgan fingerprint density at radius 1 is 1.42 bits per heavy atom. The summed E-state index contributed by atoms with van der Waals surface area (Å²) in [5.41, 5.74) is 0. The fourth-order valence-electron chi connectivity index (χ4n) is 1.78. The summed E-state index contributed by atoms with van der Waals surface area (Å²) in [7, 11) is 4.31. The van der Waals surface area contributed by atoms with Gasteiger partial charge in [-0.3, -0.25) is 0 Å². The van der Waals surface area contributed by atoms with E-state index in [9.17, 15) is 0 Å². The van der Waals surface area contributed by atoms with Crippen molar-refractivity contribution in [3.63, 3.8) is 0 Å². The molecule has 0 spiro atoms. The first-order valence-electron chi connectivity index (χ1n) is 4.75. The van der Waals surface area contributed by atoms with Crippen molar-refractivity contribution in [1.29, 1.82) is 0 Å². The first-order chi connectivity index (χ1) is 5.29. The van der Waals surface area contributed by atoms with Crippen LogP contribution < -0.4 is 29.6 Å². The Bertz CT molecular complexity index is 98.0. The van der Waals surface area contributed by atoms with Crippen LogP contribution in [0.2, 0.25) is 0 Å². The second-order valence-electron chi connectivity index (χ2n) is 3.91. The topological polar surface area (TPSA) is 3.24 Å². The minimum Gasteiger partial charge on any atom is -0.328 e. The molecule has 1 fully saturated rings. The zero-order valence-electron chi connectivity index (χ0n) is 8.84. The van der Waals surface area contributed by atoms with E-state index in [4.69, 9.17) is 0 Å². The summed E-state index contributed by atoms with van der Waals surface area (Å²) in [4.78, 5) is 2.28. The van der Waals surface area contributed by atoms with Gasteiger partial charge in [0.25, 0.3) is 0 Å². The Morgan fingerprint density at radius 2 is 2.17 bits per heavy atom. The molecule has 1 unspecified atom stereocenters. The van der Waals surface area contributed by atoms with Gasteiger partial charge >= 0.3 is 29.6 Å². The minimum atomic E-state index is 0. The van der Waals surface area contributed by atoms with Gasteiger partial charge in [-0.2, -0.15) is 12.8 Å². The van der Waals surface area contributed by atoms with Crippen LogP contribution in [-0.4, -0.2) is 25.5 Å². The largest absolute Gasteiger partial charge is 1.00 e. The average molecular weight is 177 g/mol. The van der Waals surface area contributed by atoms with Gasteiger partial charge < -0.3 is 11.3 Å². The zero-order valence-corrected chi connectivity index (χ0v) is 10.8. The van der Waals surface area contributed by atoms with E-state index in [1.807, 2.05) is 0 Å². The van der Waals surface area contributed by atoms with Gasteiger partial charge in [0, 0.05) is 0 Å². The van der Waals surface area contributed by atoms with Crippen LogP contribution in [0.25, 0.3) is 0 Å². The van der Waals surface area contributed by atoms with Crippen molar-refractivity contribution in [2.24, 2.45) is 5.92 Å². The summed E-state index contributed by atoms with van der Waals surface area (Å²) in [6.45, 7) is 1.26. The molecule has 0 aromatic carbocycles. The van der Waals surface area contributed by atoms with Crippen LogP contribution in [0.5, 0.6) is 0 Å². The Labute approximate surface area is 99.2 Å². The third kappa shape index (κ3) is 5.58. The molecule has 0 aromatic rings. The Kier molecular flexibility index (Phi) is 7.96. The van der Waals surface area contributed by atoms with Crippen molar-refractivity contribution < 1.29 is 29.6 Å². The zero-order chi connectivity index (χ0) is 8.10. The molecule has 0 saturated heterocycles. The van der Waals surface area contributed by atoms with Gasteiger partial charge in [-0.05, 0) is 27.1 Å². The Balaban J connectivity index is 0.00000121. The van der Waals surface area contributed by atoms with E-state index in [1.54, 1.807) is 0 Å². The molecule has 0 aromatic heterocycles. The molecule has 1 saturated carbocycles. The van der Waals surface area contributed by atoms with Crippen molar-refractivity contribution in [2.45, 2.75) is 32.1 Å². The summed E-state index contributed by atoms with van der Waals surface area (Å²) >= 11 is 0. The number of hydrogen-bond acceptors (Lipinski definition) is 1. The van der Waals surface area contributed by atoms with Gasteiger partial charge in [-0.25, -0.2) is 0 Å². The van der Waals surface area contributed by atoms with Crippen molar-refractivity contribution in [3.05, 3.63) is 6.42 Å². The van der Waals surface area contributed by atoms with E-state index in [-0.39, 0.29) is 29.6 Å². The first kappa shape index (κ1) is 13.0. The van der Waals surface area contributed by atoms with Gasteiger partial charge in [0.15, 0.2) is 0 Å². The van der Waals surface area contributed by atoms with Crippen LogP contribution in [0.3, 0.4) is 0 Å². The maximum absolute atomic E-state index is 2.44. The minimum absolute atomic E-state index is 0. The molecule has 12 heavy (non-hydrogen) atoms. The van der Waals surface area contributed by atoms with Gasteiger partial charge in [0.05, 0.1) is 0 Å². The molecule has 0 radical (unpaired) electrons.